The summed E-state index contributed by atoms with van der Waals surface area (Å²) in [6.45, 7) is 0.0657. The molecule has 47 heavy (non-hydrogen) atoms. The SMILES string of the molecule is c1ccc(B2c3ccc4c5c3-c3c6c(cc7c8ccccc8n(c37)B5n3c5ccccc5c5cccc-4c53)c3ccccc3n62)cc1. The first kappa shape index (κ1) is 23.4. The fourth-order valence-electron chi connectivity index (χ4n) is 10.0. The van der Waals surface area contributed by atoms with Crippen molar-refractivity contribution in [3.05, 3.63) is 140 Å². The van der Waals surface area contributed by atoms with Crippen molar-refractivity contribution < 1.29 is 0 Å². The van der Waals surface area contributed by atoms with Gasteiger partial charge in [0.15, 0.2) is 0 Å². The van der Waals surface area contributed by atoms with Crippen LogP contribution in [0.15, 0.2) is 140 Å². The van der Waals surface area contributed by atoms with Crippen molar-refractivity contribution in [1.82, 2.24) is 13.4 Å². The second kappa shape index (κ2) is 7.71. The third kappa shape index (κ3) is 2.45. The molecule has 13 rings (SSSR count). The fourth-order valence-corrected chi connectivity index (χ4v) is 10.0. The Morgan fingerprint density at radius 2 is 0.957 bits per heavy atom. The van der Waals surface area contributed by atoms with Crippen molar-refractivity contribution in [2.45, 2.75) is 0 Å². The number of hydrogen-bond acceptors (Lipinski definition) is 0. The van der Waals surface area contributed by atoms with Gasteiger partial charge in [0.2, 0.25) is 0 Å². The molecule has 3 aromatic heterocycles. The molecule has 0 amide bonds. The number of nitrogens with zero attached hydrogens (tertiary/aromatic N) is 3. The Hall–Kier alpha value is -5.93. The molecular formula is C42H23B2N3. The van der Waals surface area contributed by atoms with Gasteiger partial charge in [-0.3, -0.25) is 0 Å². The minimum Gasteiger partial charge on any atom is -0.375 e. The molecule has 0 saturated carbocycles. The van der Waals surface area contributed by atoms with Crippen LogP contribution in [-0.2, 0) is 0 Å². The van der Waals surface area contributed by atoms with Crippen molar-refractivity contribution in [3.8, 4) is 22.3 Å². The number of hydrogen-bond donors (Lipinski definition) is 0. The summed E-state index contributed by atoms with van der Waals surface area (Å²) in [5, 5.41) is 7.99. The van der Waals surface area contributed by atoms with Crippen LogP contribution in [0.5, 0.6) is 0 Å². The zero-order valence-corrected chi connectivity index (χ0v) is 25.3. The molecule has 10 aromatic rings. The smallest absolute Gasteiger partial charge is 0.375 e. The molecule has 7 aromatic carbocycles. The van der Waals surface area contributed by atoms with Crippen molar-refractivity contribution in [2.75, 3.05) is 0 Å². The van der Waals surface area contributed by atoms with Crippen molar-refractivity contribution in [2.24, 2.45) is 0 Å². The zero-order valence-electron chi connectivity index (χ0n) is 25.3. The maximum absolute atomic E-state index is 2.70. The number of para-hydroxylation sites is 4. The first-order valence-corrected chi connectivity index (χ1v) is 16.6. The van der Waals surface area contributed by atoms with E-state index in [1.807, 2.05) is 0 Å². The van der Waals surface area contributed by atoms with E-state index in [2.05, 4.69) is 153 Å². The van der Waals surface area contributed by atoms with Crippen LogP contribution in [0.4, 0.5) is 0 Å². The molecule has 0 fully saturated rings. The molecule has 6 heterocycles. The molecule has 5 heteroatoms. The minimum absolute atomic E-state index is 0.00282. The molecule has 3 aliphatic rings. The van der Waals surface area contributed by atoms with E-state index in [4.69, 9.17) is 0 Å². The molecular weight excluding hydrogens is 568 g/mol. The number of aromatic nitrogens is 3. The van der Waals surface area contributed by atoms with Gasteiger partial charge in [-0.15, -0.1) is 0 Å². The van der Waals surface area contributed by atoms with Gasteiger partial charge in [0.25, 0.3) is 0 Å². The monoisotopic (exact) mass is 591 g/mol. The Balaban J connectivity index is 1.36. The fraction of sp³-hybridized carbons (Fsp3) is 0. The molecule has 0 radical (unpaired) electrons. The van der Waals surface area contributed by atoms with Crippen LogP contribution in [0, 0.1) is 0 Å². The lowest BCUT2D eigenvalue weighted by Crippen LogP contribution is -2.58. The van der Waals surface area contributed by atoms with Gasteiger partial charge < -0.3 is 13.4 Å². The first-order chi connectivity index (χ1) is 23.4. The molecule has 0 atom stereocenters. The van der Waals surface area contributed by atoms with Crippen molar-refractivity contribution >= 4 is 95.6 Å². The normalized spacial score (nSPS) is 13.9. The van der Waals surface area contributed by atoms with Crippen LogP contribution in [0.1, 0.15) is 0 Å². The third-order valence-electron chi connectivity index (χ3n) is 11.6. The second-order valence-corrected chi connectivity index (χ2v) is 13.6. The highest BCUT2D eigenvalue weighted by Crippen LogP contribution is 2.50. The van der Waals surface area contributed by atoms with E-state index < -0.39 is 0 Å². The van der Waals surface area contributed by atoms with Gasteiger partial charge in [0, 0.05) is 76.5 Å². The Morgan fingerprint density at radius 1 is 0.383 bits per heavy atom. The molecule has 212 valence electrons. The largest absolute Gasteiger partial charge is 0.422 e. The van der Waals surface area contributed by atoms with Gasteiger partial charge >= 0.3 is 13.8 Å². The summed E-state index contributed by atoms with van der Waals surface area (Å²) < 4.78 is 8.02. The van der Waals surface area contributed by atoms with Crippen LogP contribution in [-0.4, -0.2) is 27.3 Å². The summed E-state index contributed by atoms with van der Waals surface area (Å²) in [6.07, 6.45) is 0. The predicted octanol–water partition coefficient (Wildman–Crippen LogP) is 7.73. The number of benzene rings is 7. The van der Waals surface area contributed by atoms with Gasteiger partial charge in [-0.25, -0.2) is 0 Å². The molecule has 0 unspecified atom stereocenters. The average Bonchev–Trinajstić information content (AvgIpc) is 3.77. The van der Waals surface area contributed by atoms with Gasteiger partial charge in [-0.2, -0.15) is 0 Å². The highest BCUT2D eigenvalue weighted by atomic mass is 15.1. The Bertz CT molecular complexity index is 3090. The van der Waals surface area contributed by atoms with Gasteiger partial charge in [0.05, 0.1) is 0 Å². The topological polar surface area (TPSA) is 14.8 Å². The van der Waals surface area contributed by atoms with Crippen LogP contribution in [0.25, 0.3) is 87.7 Å². The molecule has 0 N–H and O–H groups in total. The highest BCUT2D eigenvalue weighted by Gasteiger charge is 2.47. The lowest BCUT2D eigenvalue weighted by atomic mass is 9.44. The first-order valence-electron chi connectivity index (χ1n) is 16.6. The van der Waals surface area contributed by atoms with Gasteiger partial charge in [0.1, 0.15) is 0 Å². The summed E-state index contributed by atoms with van der Waals surface area (Å²) >= 11 is 0. The Morgan fingerprint density at radius 3 is 1.68 bits per heavy atom. The molecule has 0 saturated heterocycles. The van der Waals surface area contributed by atoms with E-state index in [9.17, 15) is 0 Å². The van der Waals surface area contributed by atoms with E-state index in [0.717, 1.165) is 0 Å². The summed E-state index contributed by atoms with van der Waals surface area (Å²) in [5.41, 5.74) is 17.6. The van der Waals surface area contributed by atoms with E-state index in [1.165, 1.54) is 104 Å². The standard InChI is InChI=1S/C42H23B2N3/c1-2-11-24(12-3-1)43-33-22-21-28-30-17-10-16-29-25-13-4-8-19-35(25)46(40(29)30)44-39(28)37(33)38-41-31(26-14-5-7-18-34(26)45(41)43)23-32-27-15-6-9-20-36(27)47(44)42(32)38/h1-23H. The summed E-state index contributed by atoms with van der Waals surface area (Å²) in [5.74, 6) is 0. The van der Waals surface area contributed by atoms with E-state index in [1.54, 1.807) is 0 Å². The van der Waals surface area contributed by atoms with E-state index in [0.29, 0.717) is 0 Å². The van der Waals surface area contributed by atoms with Gasteiger partial charge in [-0.05, 0) is 46.3 Å². The Kier molecular flexibility index (Phi) is 3.84. The second-order valence-electron chi connectivity index (χ2n) is 13.6. The quantitative estimate of drug-likeness (QED) is 0.174. The average molecular weight is 591 g/mol. The predicted molar refractivity (Wildman–Crippen MR) is 199 cm³/mol. The molecule has 0 aliphatic carbocycles. The summed E-state index contributed by atoms with van der Waals surface area (Å²) in [6, 6.07) is 52.6. The molecule has 0 spiro atoms. The van der Waals surface area contributed by atoms with Crippen molar-refractivity contribution in [1.29, 1.82) is 0 Å². The number of rotatable bonds is 1. The molecule has 0 bridgehead atoms. The summed E-state index contributed by atoms with van der Waals surface area (Å²) in [4.78, 5) is 0. The number of fused-ring (bicyclic) bond motifs is 12. The minimum atomic E-state index is -0.00282. The lowest BCUT2D eigenvalue weighted by molar-refractivity contribution is 1.18. The van der Waals surface area contributed by atoms with Gasteiger partial charge in [-0.1, -0.05) is 121 Å². The highest BCUT2D eigenvalue weighted by molar-refractivity contribution is 6.89. The third-order valence-corrected chi connectivity index (χ3v) is 11.6. The maximum Gasteiger partial charge on any atom is 0.422 e. The van der Waals surface area contributed by atoms with E-state index in [-0.39, 0.29) is 13.8 Å². The summed E-state index contributed by atoms with van der Waals surface area (Å²) in [7, 11) is 0. The Labute approximate surface area is 270 Å². The van der Waals surface area contributed by atoms with Crippen LogP contribution in [0.2, 0.25) is 0 Å². The van der Waals surface area contributed by atoms with E-state index >= 15 is 0 Å². The molecule has 3 nitrogen and oxygen atoms in total. The molecule has 3 aliphatic heterocycles. The maximum atomic E-state index is 2.70. The lowest BCUT2D eigenvalue weighted by Gasteiger charge is -2.38. The van der Waals surface area contributed by atoms with Crippen LogP contribution < -0.4 is 16.4 Å². The van der Waals surface area contributed by atoms with Crippen LogP contribution >= 0.6 is 0 Å². The van der Waals surface area contributed by atoms with Crippen LogP contribution in [0.3, 0.4) is 0 Å². The zero-order chi connectivity index (χ0) is 30.1. The van der Waals surface area contributed by atoms with Crippen molar-refractivity contribution in [3.63, 3.8) is 0 Å².